The minimum atomic E-state index is -0.630. The second-order valence-electron chi connectivity index (χ2n) is 7.85. The van der Waals surface area contributed by atoms with Crippen LogP contribution < -0.4 is 29.0 Å². The third kappa shape index (κ3) is 6.63. The van der Waals surface area contributed by atoms with E-state index in [4.69, 9.17) is 23.7 Å². The van der Waals surface area contributed by atoms with E-state index in [1.165, 1.54) is 72.1 Å². The number of allylic oxidation sites excluding steroid dienone is 1. The van der Waals surface area contributed by atoms with E-state index in [1.54, 1.807) is 24.3 Å². The van der Waals surface area contributed by atoms with Gasteiger partial charge in [-0.1, -0.05) is 12.2 Å². The van der Waals surface area contributed by atoms with Gasteiger partial charge in [-0.25, -0.2) is 4.39 Å². The summed E-state index contributed by atoms with van der Waals surface area (Å²) in [5.74, 6) is 0.308. The molecule has 0 bridgehead atoms. The molecular formula is C28H27FN2O8. The zero-order chi connectivity index (χ0) is 28.5. The van der Waals surface area contributed by atoms with E-state index in [-0.39, 0.29) is 22.7 Å². The Morgan fingerprint density at radius 2 is 1.49 bits per heavy atom. The number of nitro benzene ring substituents is 1. The molecule has 0 aliphatic rings. The summed E-state index contributed by atoms with van der Waals surface area (Å²) in [6.45, 7) is 0. The van der Waals surface area contributed by atoms with E-state index in [2.05, 4.69) is 5.32 Å². The first-order valence-electron chi connectivity index (χ1n) is 11.4. The molecule has 0 spiro atoms. The molecule has 10 nitrogen and oxygen atoms in total. The van der Waals surface area contributed by atoms with E-state index in [0.29, 0.717) is 34.1 Å². The molecule has 0 saturated carbocycles. The summed E-state index contributed by atoms with van der Waals surface area (Å²) in [4.78, 5) is 23.3. The molecule has 0 unspecified atom stereocenters. The molecule has 11 heteroatoms. The van der Waals surface area contributed by atoms with Crippen LogP contribution >= 0.6 is 0 Å². The van der Waals surface area contributed by atoms with Gasteiger partial charge in [0.15, 0.2) is 34.6 Å². The van der Waals surface area contributed by atoms with Crippen molar-refractivity contribution >= 4 is 29.3 Å². The zero-order valence-corrected chi connectivity index (χ0v) is 21.9. The van der Waals surface area contributed by atoms with Crippen molar-refractivity contribution in [1.29, 1.82) is 0 Å². The van der Waals surface area contributed by atoms with Crippen molar-refractivity contribution in [2.75, 3.05) is 40.9 Å². The predicted octanol–water partition coefficient (Wildman–Crippen LogP) is 5.76. The number of ketones is 1. The summed E-state index contributed by atoms with van der Waals surface area (Å²) in [7, 11) is 7.15. The fourth-order valence-corrected chi connectivity index (χ4v) is 3.66. The van der Waals surface area contributed by atoms with Gasteiger partial charge in [-0.3, -0.25) is 14.9 Å². The van der Waals surface area contributed by atoms with Gasteiger partial charge in [-0.2, -0.15) is 0 Å². The van der Waals surface area contributed by atoms with Crippen molar-refractivity contribution in [3.63, 3.8) is 0 Å². The number of halogens is 1. The van der Waals surface area contributed by atoms with Crippen LogP contribution in [0.1, 0.15) is 21.5 Å². The van der Waals surface area contributed by atoms with Gasteiger partial charge in [-0.15, -0.1) is 0 Å². The lowest BCUT2D eigenvalue weighted by Gasteiger charge is -2.13. The molecule has 0 saturated heterocycles. The van der Waals surface area contributed by atoms with Crippen molar-refractivity contribution in [1.82, 2.24) is 0 Å². The molecule has 0 amide bonds. The lowest BCUT2D eigenvalue weighted by molar-refractivity contribution is -0.385. The van der Waals surface area contributed by atoms with E-state index in [9.17, 15) is 19.3 Å². The molecule has 3 rings (SSSR count). The maximum Gasteiger partial charge on any atom is 0.311 e. The van der Waals surface area contributed by atoms with Crippen LogP contribution in [0.4, 0.5) is 15.8 Å². The van der Waals surface area contributed by atoms with Crippen LogP contribution in [0, 0.1) is 15.9 Å². The summed E-state index contributed by atoms with van der Waals surface area (Å²) in [5.41, 5.74) is 1.34. The van der Waals surface area contributed by atoms with Gasteiger partial charge in [0.25, 0.3) is 0 Å². The number of hydrogen-bond donors (Lipinski definition) is 1. The topological polar surface area (TPSA) is 118 Å². The number of nitrogens with zero attached hydrogens (tertiary/aromatic N) is 1. The number of nitro groups is 1. The van der Waals surface area contributed by atoms with E-state index in [1.807, 2.05) is 0 Å². The lowest BCUT2D eigenvalue weighted by atomic mass is 10.1. The van der Waals surface area contributed by atoms with Gasteiger partial charge in [0.1, 0.15) is 0 Å². The average molecular weight is 539 g/mol. The molecule has 1 N–H and O–H groups in total. The Hall–Kier alpha value is -5.06. The number of ether oxygens (including phenoxy) is 5. The molecule has 3 aromatic rings. The second-order valence-corrected chi connectivity index (χ2v) is 7.85. The first-order valence-corrected chi connectivity index (χ1v) is 11.4. The summed E-state index contributed by atoms with van der Waals surface area (Å²) in [6, 6.07) is 10.1. The minimum absolute atomic E-state index is 0.00654. The monoisotopic (exact) mass is 538 g/mol. The lowest BCUT2D eigenvalue weighted by Crippen LogP contribution is -2.01. The van der Waals surface area contributed by atoms with Crippen LogP contribution in [0.25, 0.3) is 12.2 Å². The summed E-state index contributed by atoms with van der Waals surface area (Å²) >= 11 is 0. The molecule has 0 radical (unpaired) electrons. The van der Waals surface area contributed by atoms with Gasteiger partial charge in [0.05, 0.1) is 40.5 Å². The summed E-state index contributed by atoms with van der Waals surface area (Å²) in [6.07, 6.45) is 5.94. The largest absolute Gasteiger partial charge is 0.494 e. The highest BCUT2D eigenvalue weighted by Gasteiger charge is 2.17. The molecule has 0 aliphatic carbocycles. The molecule has 204 valence electrons. The van der Waals surface area contributed by atoms with Crippen LogP contribution in [0.3, 0.4) is 0 Å². The minimum Gasteiger partial charge on any atom is -0.494 e. The third-order valence-corrected chi connectivity index (χ3v) is 5.60. The van der Waals surface area contributed by atoms with Gasteiger partial charge in [0, 0.05) is 41.2 Å². The van der Waals surface area contributed by atoms with Crippen LogP contribution in [-0.4, -0.2) is 46.3 Å². The Kier molecular flexibility index (Phi) is 9.47. The fraction of sp³-hybridized carbons (Fsp3) is 0.179. The van der Waals surface area contributed by atoms with Crippen LogP contribution in [0.2, 0.25) is 0 Å². The number of rotatable bonds is 12. The molecule has 0 atom stereocenters. The van der Waals surface area contributed by atoms with Gasteiger partial charge < -0.3 is 29.0 Å². The number of anilines is 1. The average Bonchev–Trinajstić information content (AvgIpc) is 2.95. The highest BCUT2D eigenvalue weighted by molar-refractivity contribution is 6.05. The SMILES string of the molecule is COc1cc(N/C=C\C(=O)c2ccc(OC)c([N+](=O)[O-])c2)c(/C=C\c2cc(OC)c(OC)c(OC)c2)cc1F. The normalized spacial score (nSPS) is 10.9. The Labute approximate surface area is 224 Å². The van der Waals surface area contributed by atoms with Crippen molar-refractivity contribution in [2.24, 2.45) is 0 Å². The number of benzene rings is 3. The predicted molar refractivity (Wildman–Crippen MR) is 145 cm³/mol. The molecule has 0 heterocycles. The Balaban J connectivity index is 1.90. The number of nitrogens with one attached hydrogen (secondary N) is 1. The molecule has 0 aromatic heterocycles. The van der Waals surface area contributed by atoms with Gasteiger partial charge >= 0.3 is 5.69 Å². The zero-order valence-electron chi connectivity index (χ0n) is 21.9. The number of carbonyl (C=O) groups is 1. The van der Waals surface area contributed by atoms with Crippen LogP contribution in [0.15, 0.2) is 54.7 Å². The quantitative estimate of drug-likeness (QED) is 0.101. The van der Waals surface area contributed by atoms with Gasteiger partial charge in [0.2, 0.25) is 5.75 Å². The smallest absolute Gasteiger partial charge is 0.311 e. The van der Waals surface area contributed by atoms with E-state index in [0.717, 1.165) is 6.07 Å². The number of carbonyl (C=O) groups excluding carboxylic acids is 1. The first-order chi connectivity index (χ1) is 18.8. The number of methoxy groups -OCH3 is 5. The Morgan fingerprint density at radius 3 is 2.05 bits per heavy atom. The van der Waals surface area contributed by atoms with Crippen molar-refractivity contribution in [3.05, 3.63) is 87.4 Å². The van der Waals surface area contributed by atoms with E-state index < -0.39 is 16.5 Å². The Morgan fingerprint density at radius 1 is 0.846 bits per heavy atom. The maximum atomic E-state index is 14.5. The van der Waals surface area contributed by atoms with Crippen molar-refractivity contribution in [2.45, 2.75) is 0 Å². The van der Waals surface area contributed by atoms with Gasteiger partial charge in [-0.05, 0) is 35.9 Å². The Bertz CT molecular complexity index is 1410. The highest BCUT2D eigenvalue weighted by atomic mass is 19.1. The van der Waals surface area contributed by atoms with Crippen LogP contribution in [-0.2, 0) is 0 Å². The van der Waals surface area contributed by atoms with Crippen molar-refractivity contribution in [3.8, 4) is 28.7 Å². The molecule has 39 heavy (non-hydrogen) atoms. The highest BCUT2D eigenvalue weighted by Crippen LogP contribution is 2.39. The summed E-state index contributed by atoms with van der Waals surface area (Å²) in [5, 5.41) is 14.2. The first kappa shape index (κ1) is 28.5. The second kappa shape index (κ2) is 13.0. The molecule has 0 aliphatic heterocycles. The molecule has 0 fully saturated rings. The number of hydrogen-bond acceptors (Lipinski definition) is 9. The standard InChI is InChI=1S/C28H27FN2O8/c1-35-24-9-8-19(15-22(24)31(33)34)23(32)10-11-30-21-16-25(36-2)20(29)14-18(21)7-6-17-12-26(37-3)28(39-5)27(13-17)38-4/h6-16,30H,1-5H3/b7-6-,11-10-. The fourth-order valence-electron chi connectivity index (χ4n) is 3.66. The summed E-state index contributed by atoms with van der Waals surface area (Å²) < 4.78 is 40.7. The molecule has 3 aromatic carbocycles. The third-order valence-electron chi connectivity index (χ3n) is 5.60. The molecular weight excluding hydrogens is 511 g/mol. The van der Waals surface area contributed by atoms with Crippen LogP contribution in [0.5, 0.6) is 28.7 Å². The maximum absolute atomic E-state index is 14.5. The van der Waals surface area contributed by atoms with Crippen molar-refractivity contribution < 1.29 is 37.8 Å². The van der Waals surface area contributed by atoms with E-state index >= 15 is 0 Å².